The van der Waals surface area contributed by atoms with E-state index in [1.165, 1.54) is 24.3 Å². The molecule has 0 saturated heterocycles. The number of hydrogen-bond donors (Lipinski definition) is 2. The van der Waals surface area contributed by atoms with E-state index in [0.717, 1.165) is 29.8 Å². The number of nitrogens with one attached hydrogen (secondary N) is 2. The topological polar surface area (TPSA) is 92.3 Å². The maximum atomic E-state index is 13.1. The number of rotatable bonds is 6. The van der Waals surface area contributed by atoms with Gasteiger partial charge in [0, 0.05) is 0 Å². The molecule has 0 aliphatic rings. The predicted molar refractivity (Wildman–Crippen MR) is 111 cm³/mol. The third-order valence-electron chi connectivity index (χ3n) is 3.92. The van der Waals surface area contributed by atoms with Crippen LogP contribution in [0.2, 0.25) is 5.02 Å². The first-order valence-electron chi connectivity index (χ1n) is 8.25. The minimum absolute atomic E-state index is 0.00336. The molecule has 0 aliphatic heterocycles. The average Bonchev–Trinajstić information content (AvgIpc) is 2.63. The Morgan fingerprint density at radius 3 is 1.90 bits per heavy atom. The van der Waals surface area contributed by atoms with E-state index in [4.69, 9.17) is 11.6 Å². The van der Waals surface area contributed by atoms with Gasteiger partial charge in [0.1, 0.15) is 10.7 Å². The number of para-hydroxylation sites is 2. The van der Waals surface area contributed by atoms with E-state index in [-0.39, 0.29) is 26.2 Å². The van der Waals surface area contributed by atoms with Crippen LogP contribution in [0.4, 0.5) is 15.8 Å². The number of sulfonamides is 2. The highest BCUT2D eigenvalue weighted by Crippen LogP contribution is 2.29. The van der Waals surface area contributed by atoms with Crippen LogP contribution < -0.4 is 9.44 Å². The average molecular weight is 455 g/mol. The summed E-state index contributed by atoms with van der Waals surface area (Å²) in [5.74, 6) is -0.577. The van der Waals surface area contributed by atoms with Gasteiger partial charge in [0.25, 0.3) is 20.0 Å². The zero-order valence-electron chi connectivity index (χ0n) is 15.1. The zero-order chi connectivity index (χ0) is 21.2. The lowest BCUT2D eigenvalue weighted by atomic mass is 10.2. The van der Waals surface area contributed by atoms with E-state index in [1.807, 2.05) is 0 Å². The summed E-state index contributed by atoms with van der Waals surface area (Å²) in [5, 5.41) is 0.0434. The van der Waals surface area contributed by atoms with Crippen molar-refractivity contribution in [3.05, 3.63) is 83.1 Å². The van der Waals surface area contributed by atoms with Crippen LogP contribution in [0.1, 0.15) is 5.56 Å². The second kappa shape index (κ2) is 8.02. The smallest absolute Gasteiger partial charge is 0.263 e. The van der Waals surface area contributed by atoms with Crippen molar-refractivity contribution in [3.8, 4) is 0 Å². The molecule has 29 heavy (non-hydrogen) atoms. The molecule has 0 atom stereocenters. The highest BCUT2D eigenvalue weighted by molar-refractivity contribution is 7.93. The summed E-state index contributed by atoms with van der Waals surface area (Å²) in [5.41, 5.74) is 0.805. The summed E-state index contributed by atoms with van der Waals surface area (Å²) < 4.78 is 68.3. The largest absolute Gasteiger partial charge is 0.277 e. The van der Waals surface area contributed by atoms with Gasteiger partial charge in [0.15, 0.2) is 0 Å². The maximum Gasteiger partial charge on any atom is 0.263 e. The summed E-state index contributed by atoms with van der Waals surface area (Å²) in [4.78, 5) is -0.306. The van der Waals surface area contributed by atoms with E-state index >= 15 is 0 Å². The molecule has 2 N–H and O–H groups in total. The van der Waals surface area contributed by atoms with Crippen molar-refractivity contribution < 1.29 is 21.2 Å². The van der Waals surface area contributed by atoms with E-state index in [2.05, 4.69) is 9.44 Å². The van der Waals surface area contributed by atoms with E-state index in [9.17, 15) is 21.2 Å². The maximum absolute atomic E-state index is 13.1. The fraction of sp³-hybridized carbons (Fsp3) is 0.0526. The molecule has 0 saturated carbocycles. The number of halogens is 2. The Kier molecular flexibility index (Phi) is 5.83. The Balaban J connectivity index is 1.94. The van der Waals surface area contributed by atoms with Crippen LogP contribution in [0, 0.1) is 12.7 Å². The van der Waals surface area contributed by atoms with Gasteiger partial charge < -0.3 is 0 Å². The number of hydrogen-bond acceptors (Lipinski definition) is 4. The monoisotopic (exact) mass is 454 g/mol. The fourth-order valence-corrected chi connectivity index (χ4v) is 5.26. The molecule has 0 aromatic heterocycles. The standard InChI is InChI=1S/C19H16ClFN2O4S2/c1-13-6-11-19(16(20)12-13)29(26,27)23-18-5-3-2-4-17(18)22-28(24,25)15-9-7-14(21)8-10-15/h2-12,22-23H,1H3. The van der Waals surface area contributed by atoms with Crippen molar-refractivity contribution in [3.63, 3.8) is 0 Å². The summed E-state index contributed by atoms with van der Waals surface area (Å²) >= 11 is 6.06. The second-order valence-corrected chi connectivity index (χ2v) is 9.88. The SMILES string of the molecule is Cc1ccc(S(=O)(=O)Nc2ccccc2NS(=O)(=O)c2ccc(F)cc2)c(Cl)c1. The molecule has 6 nitrogen and oxygen atoms in total. The number of aryl methyl sites for hydroxylation is 1. The van der Waals surface area contributed by atoms with Gasteiger partial charge in [-0.25, -0.2) is 21.2 Å². The van der Waals surface area contributed by atoms with Gasteiger partial charge in [-0.1, -0.05) is 29.8 Å². The Bertz CT molecular complexity index is 1260. The van der Waals surface area contributed by atoms with Crippen molar-refractivity contribution in [2.75, 3.05) is 9.44 Å². The second-order valence-electron chi connectivity index (χ2n) is 6.14. The summed E-state index contributed by atoms with van der Waals surface area (Å²) in [6.07, 6.45) is 0. The fourth-order valence-electron chi connectivity index (χ4n) is 2.50. The minimum Gasteiger partial charge on any atom is -0.277 e. The lowest BCUT2D eigenvalue weighted by molar-refractivity contribution is 0.598. The first-order chi connectivity index (χ1) is 13.6. The van der Waals surface area contributed by atoms with Gasteiger partial charge in [-0.3, -0.25) is 9.44 Å². The van der Waals surface area contributed by atoms with E-state index in [0.29, 0.717) is 0 Å². The van der Waals surface area contributed by atoms with Gasteiger partial charge in [0.05, 0.1) is 21.3 Å². The van der Waals surface area contributed by atoms with E-state index < -0.39 is 25.9 Å². The molecule has 0 aliphatic carbocycles. The van der Waals surface area contributed by atoms with Crippen molar-refractivity contribution >= 4 is 43.0 Å². The van der Waals surface area contributed by atoms with Gasteiger partial charge in [-0.2, -0.15) is 0 Å². The van der Waals surface area contributed by atoms with Crippen LogP contribution in [-0.4, -0.2) is 16.8 Å². The molecular weight excluding hydrogens is 439 g/mol. The first kappa shape index (κ1) is 21.1. The van der Waals surface area contributed by atoms with Gasteiger partial charge in [0.2, 0.25) is 0 Å². The zero-order valence-corrected chi connectivity index (χ0v) is 17.4. The quantitative estimate of drug-likeness (QED) is 0.577. The van der Waals surface area contributed by atoms with Gasteiger partial charge in [-0.05, 0) is 61.0 Å². The molecule has 0 bridgehead atoms. The molecule has 0 unspecified atom stereocenters. The third kappa shape index (κ3) is 4.87. The molecule has 3 aromatic rings. The van der Waals surface area contributed by atoms with Crippen molar-refractivity contribution in [2.24, 2.45) is 0 Å². The molecule has 152 valence electrons. The molecule has 0 fully saturated rings. The van der Waals surface area contributed by atoms with Crippen LogP contribution in [0.3, 0.4) is 0 Å². The lowest BCUT2D eigenvalue weighted by Gasteiger charge is -2.15. The minimum atomic E-state index is -4.08. The molecule has 0 amide bonds. The third-order valence-corrected chi connectivity index (χ3v) is 7.15. The highest BCUT2D eigenvalue weighted by Gasteiger charge is 2.21. The van der Waals surface area contributed by atoms with E-state index in [1.54, 1.807) is 25.1 Å². The normalized spacial score (nSPS) is 11.8. The molecular formula is C19H16ClFN2O4S2. The molecule has 0 radical (unpaired) electrons. The van der Waals surface area contributed by atoms with Crippen LogP contribution >= 0.6 is 11.6 Å². The summed E-state index contributed by atoms with van der Waals surface area (Å²) in [6, 6.07) is 14.6. The summed E-state index contributed by atoms with van der Waals surface area (Å²) in [6.45, 7) is 1.77. The molecule has 0 heterocycles. The lowest BCUT2D eigenvalue weighted by Crippen LogP contribution is -2.18. The molecule has 10 heteroatoms. The number of benzene rings is 3. The molecule has 3 aromatic carbocycles. The summed E-state index contributed by atoms with van der Waals surface area (Å²) in [7, 11) is -8.14. The van der Waals surface area contributed by atoms with Crippen molar-refractivity contribution in [1.82, 2.24) is 0 Å². The Morgan fingerprint density at radius 2 is 1.34 bits per heavy atom. The highest BCUT2D eigenvalue weighted by atomic mass is 35.5. The molecule has 3 rings (SSSR count). The Morgan fingerprint density at radius 1 is 0.793 bits per heavy atom. The van der Waals surface area contributed by atoms with Crippen LogP contribution in [-0.2, 0) is 20.0 Å². The Hall–Kier alpha value is -2.62. The van der Waals surface area contributed by atoms with Crippen molar-refractivity contribution in [1.29, 1.82) is 0 Å². The van der Waals surface area contributed by atoms with Crippen LogP contribution in [0.5, 0.6) is 0 Å². The van der Waals surface area contributed by atoms with Crippen LogP contribution in [0.15, 0.2) is 76.5 Å². The Labute approximate surface area is 173 Å². The van der Waals surface area contributed by atoms with Crippen molar-refractivity contribution in [2.45, 2.75) is 16.7 Å². The first-order valence-corrected chi connectivity index (χ1v) is 11.6. The van der Waals surface area contributed by atoms with Gasteiger partial charge >= 0.3 is 0 Å². The molecule has 0 spiro atoms. The van der Waals surface area contributed by atoms with Crippen LogP contribution in [0.25, 0.3) is 0 Å². The van der Waals surface area contributed by atoms with Gasteiger partial charge in [-0.15, -0.1) is 0 Å². The predicted octanol–water partition coefficient (Wildman–Crippen LogP) is 4.39. The number of anilines is 2.